The summed E-state index contributed by atoms with van der Waals surface area (Å²) in [6.07, 6.45) is 0. The number of thiophene rings is 1. The fourth-order valence-electron chi connectivity index (χ4n) is 10.1. The maximum atomic E-state index is 2.51. The molecule has 12 rings (SSSR count). The third-order valence-electron chi connectivity index (χ3n) is 12.9. The first-order valence-electron chi connectivity index (χ1n) is 21.7. The largest absolute Gasteiger partial charge is 0.310 e. The molecule has 0 amide bonds. The minimum Gasteiger partial charge on any atom is -0.310 e. The zero-order valence-electron chi connectivity index (χ0n) is 34.5. The minimum absolute atomic E-state index is 0.588. The van der Waals surface area contributed by atoms with E-state index >= 15 is 0 Å². The highest BCUT2D eigenvalue weighted by Gasteiger charge is 2.46. The van der Waals surface area contributed by atoms with Gasteiger partial charge in [0, 0.05) is 37.2 Å². The molecule has 0 saturated carbocycles. The van der Waals surface area contributed by atoms with Gasteiger partial charge in [-0.2, -0.15) is 0 Å². The molecule has 0 atom stereocenters. The van der Waals surface area contributed by atoms with Crippen molar-refractivity contribution in [2.45, 2.75) is 5.41 Å². The summed E-state index contributed by atoms with van der Waals surface area (Å²) in [5, 5.41) is 2.52. The average molecular weight is 820 g/mol. The molecule has 0 N–H and O–H groups in total. The van der Waals surface area contributed by atoms with Gasteiger partial charge in [-0.1, -0.05) is 176 Å². The third-order valence-corrected chi connectivity index (χ3v) is 14.1. The number of benzene rings is 10. The Hall–Kier alpha value is -7.78. The van der Waals surface area contributed by atoms with Crippen LogP contribution in [0.5, 0.6) is 0 Å². The number of anilines is 3. The summed E-state index contributed by atoms with van der Waals surface area (Å²) >= 11 is 1.87. The van der Waals surface area contributed by atoms with Crippen LogP contribution < -0.4 is 4.90 Å². The number of fused-ring (bicyclic) bond motifs is 6. The van der Waals surface area contributed by atoms with Crippen LogP contribution in [0.15, 0.2) is 249 Å². The summed E-state index contributed by atoms with van der Waals surface area (Å²) in [7, 11) is 0. The van der Waals surface area contributed by atoms with Crippen molar-refractivity contribution in [1.29, 1.82) is 0 Å². The zero-order valence-corrected chi connectivity index (χ0v) is 35.3. The Kier molecular flexibility index (Phi) is 8.98. The van der Waals surface area contributed by atoms with Crippen molar-refractivity contribution in [3.05, 3.63) is 271 Å². The van der Waals surface area contributed by atoms with Gasteiger partial charge in [0.15, 0.2) is 0 Å². The molecule has 0 aliphatic heterocycles. The van der Waals surface area contributed by atoms with E-state index in [4.69, 9.17) is 0 Å². The van der Waals surface area contributed by atoms with Gasteiger partial charge in [0.05, 0.1) is 5.41 Å². The molecule has 296 valence electrons. The molecular formula is C61H41NS. The van der Waals surface area contributed by atoms with Crippen LogP contribution in [0.1, 0.15) is 22.3 Å². The van der Waals surface area contributed by atoms with E-state index in [-0.39, 0.29) is 0 Å². The lowest BCUT2D eigenvalue weighted by Crippen LogP contribution is -2.28. The normalized spacial score (nSPS) is 12.6. The van der Waals surface area contributed by atoms with Crippen molar-refractivity contribution in [3.8, 4) is 44.5 Å². The zero-order chi connectivity index (χ0) is 41.7. The first kappa shape index (κ1) is 37.0. The summed E-state index contributed by atoms with van der Waals surface area (Å²) in [6.45, 7) is 0. The Morgan fingerprint density at radius 2 is 0.746 bits per heavy atom. The monoisotopic (exact) mass is 819 g/mol. The van der Waals surface area contributed by atoms with Gasteiger partial charge in [0.25, 0.3) is 0 Å². The molecular weight excluding hydrogens is 779 g/mol. The summed E-state index contributed by atoms with van der Waals surface area (Å²) in [4.78, 5) is 2.39. The van der Waals surface area contributed by atoms with Crippen molar-refractivity contribution in [2.24, 2.45) is 0 Å². The number of nitrogens with zero attached hydrogens (tertiary/aromatic N) is 1. The first-order valence-corrected chi connectivity index (χ1v) is 22.5. The van der Waals surface area contributed by atoms with Gasteiger partial charge in [-0.05, 0) is 140 Å². The maximum absolute atomic E-state index is 2.51. The summed E-state index contributed by atoms with van der Waals surface area (Å²) < 4.78 is 2.55. The van der Waals surface area contributed by atoms with Crippen LogP contribution in [-0.4, -0.2) is 0 Å². The smallest absolute Gasteiger partial charge is 0.0714 e. The molecule has 11 aromatic rings. The van der Waals surface area contributed by atoms with E-state index in [0.717, 1.165) is 17.1 Å². The molecule has 2 heteroatoms. The predicted molar refractivity (Wildman–Crippen MR) is 268 cm³/mol. The lowest BCUT2D eigenvalue weighted by molar-refractivity contribution is 0.771. The van der Waals surface area contributed by atoms with E-state index in [0.29, 0.717) is 0 Å². The third kappa shape index (κ3) is 6.22. The number of hydrogen-bond donors (Lipinski definition) is 0. The van der Waals surface area contributed by atoms with Crippen LogP contribution in [0.25, 0.3) is 64.7 Å². The van der Waals surface area contributed by atoms with E-state index in [9.17, 15) is 0 Å². The highest BCUT2D eigenvalue weighted by molar-refractivity contribution is 7.25. The van der Waals surface area contributed by atoms with Crippen LogP contribution in [0.3, 0.4) is 0 Å². The van der Waals surface area contributed by atoms with E-state index in [1.807, 2.05) is 11.3 Å². The second-order valence-corrected chi connectivity index (χ2v) is 17.5. The fraction of sp³-hybridized carbons (Fsp3) is 0.0164. The van der Waals surface area contributed by atoms with Crippen molar-refractivity contribution in [1.82, 2.24) is 0 Å². The standard InChI is InChI=1S/C61H41NS/c1-5-18-42(19-6-1)45-24-17-27-51(39-45)62(50-25-11-4-12-26-50)52-33-35-60-56(41-52)55-40-48(32-34-59(55)63-60)61(57-30-15-13-28-53(57)54-29-14-16-31-58(54)61)49-37-46(43-20-7-2-8-21-43)36-47(38-49)44-22-9-3-10-23-44/h1-41H. The minimum atomic E-state index is -0.588. The Bertz CT molecular complexity index is 3340. The second-order valence-electron chi connectivity index (χ2n) is 16.5. The molecule has 1 aromatic heterocycles. The van der Waals surface area contributed by atoms with Crippen molar-refractivity contribution >= 4 is 48.6 Å². The number of hydrogen-bond acceptors (Lipinski definition) is 2. The molecule has 1 nitrogen and oxygen atoms in total. The van der Waals surface area contributed by atoms with Crippen LogP contribution in [0, 0.1) is 0 Å². The molecule has 1 heterocycles. The van der Waals surface area contributed by atoms with Gasteiger partial charge in [-0.3, -0.25) is 0 Å². The van der Waals surface area contributed by atoms with Gasteiger partial charge in [0.2, 0.25) is 0 Å². The van der Waals surface area contributed by atoms with Crippen molar-refractivity contribution < 1.29 is 0 Å². The van der Waals surface area contributed by atoms with Crippen LogP contribution in [-0.2, 0) is 5.41 Å². The predicted octanol–water partition coefficient (Wildman–Crippen LogP) is 16.9. The van der Waals surface area contributed by atoms with E-state index in [1.165, 1.54) is 86.9 Å². The van der Waals surface area contributed by atoms with E-state index < -0.39 is 5.41 Å². The highest BCUT2D eigenvalue weighted by Crippen LogP contribution is 2.57. The van der Waals surface area contributed by atoms with Gasteiger partial charge in [-0.15, -0.1) is 11.3 Å². The maximum Gasteiger partial charge on any atom is 0.0714 e. The van der Waals surface area contributed by atoms with Crippen LogP contribution >= 0.6 is 11.3 Å². The SMILES string of the molecule is c1ccc(-c2cccc(N(c3ccccc3)c3ccc4sc5ccc(C6(c7cc(-c8ccccc8)cc(-c8ccccc8)c7)c7ccccc7-c7ccccc76)cc5c4c3)c2)cc1. The van der Waals surface area contributed by atoms with E-state index in [1.54, 1.807) is 0 Å². The number of rotatable bonds is 8. The van der Waals surface area contributed by atoms with Crippen LogP contribution in [0.2, 0.25) is 0 Å². The summed E-state index contributed by atoms with van der Waals surface area (Å²) in [5.41, 5.74) is 17.7. The number of para-hydroxylation sites is 1. The molecule has 0 unspecified atom stereocenters. The molecule has 0 radical (unpaired) electrons. The van der Waals surface area contributed by atoms with Crippen LogP contribution in [0.4, 0.5) is 17.1 Å². The Labute approximate surface area is 372 Å². The first-order chi connectivity index (χ1) is 31.2. The van der Waals surface area contributed by atoms with Crippen molar-refractivity contribution in [2.75, 3.05) is 4.90 Å². The Morgan fingerprint density at radius 3 is 1.35 bits per heavy atom. The lowest BCUT2D eigenvalue weighted by Gasteiger charge is -2.35. The molecule has 0 bridgehead atoms. The summed E-state index contributed by atoms with van der Waals surface area (Å²) in [5.74, 6) is 0. The molecule has 0 saturated heterocycles. The van der Waals surface area contributed by atoms with Gasteiger partial charge < -0.3 is 4.90 Å². The molecule has 0 spiro atoms. The Morgan fingerprint density at radius 1 is 0.286 bits per heavy atom. The average Bonchev–Trinajstić information content (AvgIpc) is 3.88. The van der Waals surface area contributed by atoms with Crippen molar-refractivity contribution in [3.63, 3.8) is 0 Å². The molecule has 1 aliphatic rings. The Balaban J connectivity index is 1.10. The second kappa shape index (κ2) is 15.3. The lowest BCUT2D eigenvalue weighted by atomic mass is 9.66. The van der Waals surface area contributed by atoms with Gasteiger partial charge >= 0.3 is 0 Å². The van der Waals surface area contributed by atoms with Gasteiger partial charge in [0.1, 0.15) is 0 Å². The topological polar surface area (TPSA) is 3.24 Å². The quantitative estimate of drug-likeness (QED) is 0.148. The summed E-state index contributed by atoms with van der Waals surface area (Å²) in [6, 6.07) is 91.7. The van der Waals surface area contributed by atoms with Gasteiger partial charge in [-0.25, -0.2) is 0 Å². The van der Waals surface area contributed by atoms with E-state index in [2.05, 4.69) is 254 Å². The molecule has 1 aliphatic carbocycles. The highest BCUT2D eigenvalue weighted by atomic mass is 32.1. The molecule has 10 aromatic carbocycles. The molecule has 0 fully saturated rings. The fourth-order valence-corrected chi connectivity index (χ4v) is 11.1. The molecule has 63 heavy (non-hydrogen) atoms.